The SMILES string of the molecule is Cc1nn(-c2ccccc2)c2c1C(c1ccc3c(c1)OCO3)C(NC(=O)c1ccccc1)C(=O)N2. The van der Waals surface area contributed by atoms with Crippen molar-refractivity contribution in [1.29, 1.82) is 0 Å². The average Bonchev–Trinajstić information content (AvgIpc) is 3.49. The molecule has 8 heteroatoms. The van der Waals surface area contributed by atoms with Crippen molar-refractivity contribution < 1.29 is 19.1 Å². The molecule has 4 aromatic rings. The fourth-order valence-electron chi connectivity index (χ4n) is 4.73. The number of carbonyl (C=O) groups excluding carboxylic acids is 2. The second-order valence-corrected chi connectivity index (χ2v) is 8.49. The molecule has 2 amide bonds. The fourth-order valence-corrected chi connectivity index (χ4v) is 4.73. The zero-order valence-corrected chi connectivity index (χ0v) is 18.9. The van der Waals surface area contributed by atoms with Crippen LogP contribution in [0.5, 0.6) is 11.5 Å². The number of nitrogens with zero attached hydrogens (tertiary/aromatic N) is 2. The van der Waals surface area contributed by atoms with Gasteiger partial charge in [-0.15, -0.1) is 0 Å². The van der Waals surface area contributed by atoms with E-state index in [1.165, 1.54) is 0 Å². The van der Waals surface area contributed by atoms with Crippen molar-refractivity contribution in [2.45, 2.75) is 18.9 Å². The monoisotopic (exact) mass is 466 g/mol. The summed E-state index contributed by atoms with van der Waals surface area (Å²) in [5, 5.41) is 10.7. The largest absolute Gasteiger partial charge is 0.454 e. The Morgan fingerprint density at radius 3 is 2.49 bits per heavy atom. The molecule has 0 spiro atoms. The molecule has 6 rings (SSSR count). The van der Waals surface area contributed by atoms with Gasteiger partial charge in [-0.2, -0.15) is 5.10 Å². The van der Waals surface area contributed by atoms with Gasteiger partial charge in [-0.25, -0.2) is 4.68 Å². The van der Waals surface area contributed by atoms with Crippen LogP contribution in [0.15, 0.2) is 78.9 Å². The minimum atomic E-state index is -0.859. The average molecular weight is 466 g/mol. The van der Waals surface area contributed by atoms with Crippen LogP contribution in [0.3, 0.4) is 0 Å². The normalized spacial score (nSPS) is 18.0. The number of hydrogen-bond acceptors (Lipinski definition) is 5. The van der Waals surface area contributed by atoms with Crippen LogP contribution < -0.4 is 20.1 Å². The Morgan fingerprint density at radius 1 is 1.00 bits per heavy atom. The molecule has 0 bridgehead atoms. The lowest BCUT2D eigenvalue weighted by Gasteiger charge is -2.33. The maximum atomic E-state index is 13.5. The van der Waals surface area contributed by atoms with Crippen LogP contribution in [-0.2, 0) is 4.79 Å². The third-order valence-corrected chi connectivity index (χ3v) is 6.35. The molecule has 0 fully saturated rings. The van der Waals surface area contributed by atoms with Gasteiger partial charge in [0.2, 0.25) is 12.7 Å². The van der Waals surface area contributed by atoms with Crippen LogP contribution in [0.4, 0.5) is 5.82 Å². The van der Waals surface area contributed by atoms with E-state index in [1.807, 2.05) is 61.5 Å². The van der Waals surface area contributed by atoms with Gasteiger partial charge in [0.05, 0.1) is 11.4 Å². The quantitative estimate of drug-likeness (QED) is 0.477. The van der Waals surface area contributed by atoms with E-state index in [0.717, 1.165) is 22.5 Å². The van der Waals surface area contributed by atoms with Crippen molar-refractivity contribution in [3.63, 3.8) is 0 Å². The first kappa shape index (κ1) is 21.0. The topological polar surface area (TPSA) is 94.5 Å². The summed E-state index contributed by atoms with van der Waals surface area (Å²) in [5.41, 5.74) is 3.72. The predicted molar refractivity (Wildman–Crippen MR) is 129 cm³/mol. The summed E-state index contributed by atoms with van der Waals surface area (Å²) in [6, 6.07) is 23.2. The number of benzene rings is 3. The molecule has 3 aromatic carbocycles. The standard InChI is InChI=1S/C27H22N4O4/c1-16-22-23(18-12-13-20-21(14-18)35-15-34-20)24(28-26(32)17-8-4-2-5-9-17)27(33)29-25(22)31(30-16)19-10-6-3-7-11-19/h2-14,23-24H,15H2,1H3,(H,28,32)(H,29,33). The first-order valence-electron chi connectivity index (χ1n) is 11.3. The number of aromatic nitrogens is 2. The van der Waals surface area contributed by atoms with Crippen molar-refractivity contribution >= 4 is 17.6 Å². The molecule has 2 atom stereocenters. The van der Waals surface area contributed by atoms with E-state index in [-0.39, 0.29) is 18.6 Å². The number of para-hydroxylation sites is 1. The lowest BCUT2D eigenvalue weighted by Crippen LogP contribution is -2.50. The molecule has 2 N–H and O–H groups in total. The second kappa shape index (κ2) is 8.32. The molecule has 35 heavy (non-hydrogen) atoms. The Morgan fingerprint density at radius 2 is 1.71 bits per heavy atom. The van der Waals surface area contributed by atoms with Crippen LogP contribution in [0.1, 0.15) is 33.1 Å². The summed E-state index contributed by atoms with van der Waals surface area (Å²) in [6.07, 6.45) is 0. The van der Waals surface area contributed by atoms with Crippen LogP contribution in [0.2, 0.25) is 0 Å². The Kier molecular flexibility index (Phi) is 4.99. The summed E-state index contributed by atoms with van der Waals surface area (Å²) in [6.45, 7) is 2.06. The third kappa shape index (κ3) is 3.59. The Labute approximate surface area is 201 Å². The zero-order chi connectivity index (χ0) is 23.9. The molecular weight excluding hydrogens is 444 g/mol. The minimum Gasteiger partial charge on any atom is -0.454 e. The molecule has 0 saturated heterocycles. The highest BCUT2D eigenvalue weighted by molar-refractivity contribution is 6.04. The maximum absolute atomic E-state index is 13.5. The summed E-state index contributed by atoms with van der Waals surface area (Å²) >= 11 is 0. The van der Waals surface area contributed by atoms with Gasteiger partial charge >= 0.3 is 0 Å². The fraction of sp³-hybridized carbons (Fsp3) is 0.148. The van der Waals surface area contributed by atoms with Crippen molar-refractivity contribution in [3.8, 4) is 17.2 Å². The molecule has 1 aromatic heterocycles. The third-order valence-electron chi connectivity index (χ3n) is 6.35. The number of carbonyl (C=O) groups is 2. The molecular formula is C27H22N4O4. The lowest BCUT2D eigenvalue weighted by molar-refractivity contribution is -0.118. The molecule has 8 nitrogen and oxygen atoms in total. The number of fused-ring (bicyclic) bond motifs is 2. The van der Waals surface area contributed by atoms with Crippen molar-refractivity contribution in [2.24, 2.45) is 0 Å². The van der Waals surface area contributed by atoms with E-state index in [2.05, 4.69) is 10.6 Å². The molecule has 0 saturated carbocycles. The Balaban J connectivity index is 1.48. The minimum absolute atomic E-state index is 0.147. The molecule has 3 heterocycles. The summed E-state index contributed by atoms with van der Waals surface area (Å²) in [4.78, 5) is 26.6. The molecule has 2 aliphatic heterocycles. The van der Waals surface area contributed by atoms with Crippen LogP contribution >= 0.6 is 0 Å². The number of ether oxygens (including phenoxy) is 2. The van der Waals surface area contributed by atoms with E-state index >= 15 is 0 Å². The Bertz CT molecular complexity index is 1430. The van der Waals surface area contributed by atoms with Gasteiger partial charge in [0.1, 0.15) is 11.9 Å². The smallest absolute Gasteiger partial charge is 0.251 e. The van der Waals surface area contributed by atoms with E-state index < -0.39 is 12.0 Å². The maximum Gasteiger partial charge on any atom is 0.251 e. The molecule has 0 radical (unpaired) electrons. The van der Waals surface area contributed by atoms with Gasteiger partial charge < -0.3 is 20.1 Å². The summed E-state index contributed by atoms with van der Waals surface area (Å²) in [5.74, 6) is 0.714. The zero-order valence-electron chi connectivity index (χ0n) is 18.9. The van der Waals surface area contributed by atoms with Gasteiger partial charge in [-0.05, 0) is 48.9 Å². The van der Waals surface area contributed by atoms with Gasteiger partial charge in [-0.1, -0.05) is 42.5 Å². The number of hydrogen-bond donors (Lipinski definition) is 2. The highest BCUT2D eigenvalue weighted by Gasteiger charge is 2.42. The summed E-state index contributed by atoms with van der Waals surface area (Å²) in [7, 11) is 0. The number of rotatable bonds is 4. The van der Waals surface area contributed by atoms with E-state index in [1.54, 1.807) is 28.9 Å². The second-order valence-electron chi connectivity index (χ2n) is 8.49. The van der Waals surface area contributed by atoms with E-state index in [4.69, 9.17) is 14.6 Å². The first-order chi connectivity index (χ1) is 17.1. The van der Waals surface area contributed by atoms with E-state index in [9.17, 15) is 9.59 Å². The molecule has 174 valence electrons. The summed E-state index contributed by atoms with van der Waals surface area (Å²) < 4.78 is 12.8. The lowest BCUT2D eigenvalue weighted by atomic mass is 9.81. The van der Waals surface area contributed by atoms with Gasteiger partial charge in [0.15, 0.2) is 11.5 Å². The first-order valence-corrected chi connectivity index (χ1v) is 11.3. The highest BCUT2D eigenvalue weighted by Crippen LogP contribution is 2.43. The molecule has 2 unspecified atom stereocenters. The van der Waals surface area contributed by atoms with Gasteiger partial charge in [0.25, 0.3) is 5.91 Å². The van der Waals surface area contributed by atoms with Crippen LogP contribution in [0, 0.1) is 6.92 Å². The van der Waals surface area contributed by atoms with Crippen molar-refractivity contribution in [2.75, 3.05) is 12.1 Å². The van der Waals surface area contributed by atoms with Crippen LogP contribution in [-0.4, -0.2) is 34.4 Å². The number of amides is 2. The predicted octanol–water partition coefficient (Wildman–Crippen LogP) is 3.79. The number of anilines is 1. The van der Waals surface area contributed by atoms with E-state index in [0.29, 0.717) is 22.9 Å². The van der Waals surface area contributed by atoms with Crippen LogP contribution in [0.25, 0.3) is 5.69 Å². The van der Waals surface area contributed by atoms with Gasteiger partial charge in [0, 0.05) is 17.0 Å². The number of nitrogens with one attached hydrogen (secondary N) is 2. The van der Waals surface area contributed by atoms with Crippen molar-refractivity contribution in [1.82, 2.24) is 15.1 Å². The highest BCUT2D eigenvalue weighted by atomic mass is 16.7. The van der Waals surface area contributed by atoms with Crippen molar-refractivity contribution in [3.05, 3.63) is 101 Å². The van der Waals surface area contributed by atoms with Gasteiger partial charge in [-0.3, -0.25) is 9.59 Å². The Hall–Kier alpha value is -4.59. The molecule has 0 aliphatic carbocycles. The molecule has 2 aliphatic rings. The number of aryl methyl sites for hydroxylation is 1.